The van der Waals surface area contributed by atoms with E-state index in [1.807, 2.05) is 6.92 Å². The molecule has 1 spiro atoms. The van der Waals surface area contributed by atoms with E-state index in [1.54, 1.807) is 11.0 Å². The fourth-order valence-corrected chi connectivity index (χ4v) is 4.84. The highest BCUT2D eigenvalue weighted by molar-refractivity contribution is 5.89. The molecule has 3 fully saturated rings. The van der Waals surface area contributed by atoms with Gasteiger partial charge in [-0.3, -0.25) is 9.78 Å². The molecule has 0 N–H and O–H groups in total. The number of fused-ring (bicyclic) bond motifs is 1. The Balaban J connectivity index is 1.26. The van der Waals surface area contributed by atoms with Crippen molar-refractivity contribution >= 4 is 5.91 Å². The summed E-state index contributed by atoms with van der Waals surface area (Å²) >= 11 is 0. The molecule has 1 aromatic heterocycles. The summed E-state index contributed by atoms with van der Waals surface area (Å²) in [7, 11) is 0. The van der Waals surface area contributed by atoms with Crippen molar-refractivity contribution in [1.82, 2.24) is 9.88 Å². The highest BCUT2D eigenvalue weighted by atomic mass is 19.1. The van der Waals surface area contributed by atoms with E-state index in [2.05, 4.69) is 4.98 Å². The van der Waals surface area contributed by atoms with Crippen molar-refractivity contribution in [3.8, 4) is 0 Å². The first kappa shape index (κ1) is 19.5. The van der Waals surface area contributed by atoms with Gasteiger partial charge in [0.2, 0.25) is 0 Å². The van der Waals surface area contributed by atoms with Crippen LogP contribution in [0.3, 0.4) is 0 Å². The number of carbonyl (C=O) groups is 1. The number of nitrogens with zero attached hydrogens (tertiary/aromatic N) is 2. The van der Waals surface area contributed by atoms with Gasteiger partial charge in [-0.2, -0.15) is 0 Å². The van der Waals surface area contributed by atoms with Crippen LogP contribution < -0.4 is 0 Å². The van der Waals surface area contributed by atoms with Gasteiger partial charge in [0.05, 0.1) is 30.1 Å². The number of hydrogen-bond donors (Lipinski definition) is 0. The smallest absolute Gasteiger partial charge is 0.257 e. The number of pyridine rings is 1. The maximum atomic E-state index is 13.7. The van der Waals surface area contributed by atoms with Crippen LogP contribution in [0, 0.1) is 17.5 Å². The monoisotopic (exact) mass is 418 g/mol. The lowest BCUT2D eigenvalue weighted by atomic mass is 9.76. The van der Waals surface area contributed by atoms with Crippen LogP contribution in [-0.2, 0) is 14.3 Å². The van der Waals surface area contributed by atoms with Crippen molar-refractivity contribution in [2.45, 2.75) is 62.7 Å². The number of ether oxygens (including phenoxy) is 2. The molecular formula is C22H21F3N2O3. The number of hydrogen-bond acceptors (Lipinski definition) is 4. The van der Waals surface area contributed by atoms with E-state index in [0.717, 1.165) is 12.3 Å². The van der Waals surface area contributed by atoms with Gasteiger partial charge >= 0.3 is 0 Å². The molecule has 30 heavy (non-hydrogen) atoms. The topological polar surface area (TPSA) is 51.7 Å². The van der Waals surface area contributed by atoms with Crippen molar-refractivity contribution in [3.05, 3.63) is 65.2 Å². The lowest BCUT2D eigenvalue weighted by Crippen LogP contribution is -2.55. The van der Waals surface area contributed by atoms with E-state index in [4.69, 9.17) is 9.47 Å². The highest BCUT2D eigenvalue weighted by Crippen LogP contribution is 2.52. The van der Waals surface area contributed by atoms with Gasteiger partial charge in [0, 0.05) is 18.9 Å². The Labute approximate surface area is 171 Å². The Morgan fingerprint density at radius 2 is 1.87 bits per heavy atom. The Hall–Kier alpha value is -2.45. The molecule has 3 heterocycles. The number of carbonyl (C=O) groups excluding carboxylic acids is 1. The van der Waals surface area contributed by atoms with E-state index in [-0.39, 0.29) is 24.3 Å². The Morgan fingerprint density at radius 3 is 2.53 bits per heavy atom. The summed E-state index contributed by atoms with van der Waals surface area (Å²) in [6, 6.07) is 5.89. The molecule has 5 rings (SSSR count). The summed E-state index contributed by atoms with van der Waals surface area (Å²) in [5, 5.41) is 0. The van der Waals surface area contributed by atoms with E-state index >= 15 is 0 Å². The largest absolute Gasteiger partial charge is 0.369 e. The van der Waals surface area contributed by atoms with Gasteiger partial charge in [0.25, 0.3) is 5.91 Å². The van der Waals surface area contributed by atoms with Gasteiger partial charge in [-0.15, -0.1) is 0 Å². The maximum Gasteiger partial charge on any atom is 0.257 e. The quantitative estimate of drug-likeness (QED) is 0.747. The predicted octanol–water partition coefficient (Wildman–Crippen LogP) is 4.20. The molecular weight excluding hydrogens is 397 g/mol. The molecule has 0 unspecified atom stereocenters. The fraction of sp³-hybridized carbons (Fsp3) is 0.455. The van der Waals surface area contributed by atoms with Crippen LogP contribution in [0.15, 0.2) is 36.5 Å². The van der Waals surface area contributed by atoms with Crippen LogP contribution in [0.2, 0.25) is 0 Å². The molecule has 3 atom stereocenters. The lowest BCUT2D eigenvalue weighted by molar-refractivity contribution is -0.184. The molecule has 5 nitrogen and oxygen atoms in total. The first-order valence-electron chi connectivity index (χ1n) is 10.1. The van der Waals surface area contributed by atoms with E-state index in [0.29, 0.717) is 36.9 Å². The van der Waals surface area contributed by atoms with Gasteiger partial charge in [-0.25, -0.2) is 13.2 Å². The number of rotatable bonds is 4. The van der Waals surface area contributed by atoms with Crippen LogP contribution >= 0.6 is 0 Å². The summed E-state index contributed by atoms with van der Waals surface area (Å²) < 4.78 is 52.5. The minimum Gasteiger partial charge on any atom is -0.369 e. The average molecular weight is 418 g/mol. The molecule has 8 heteroatoms. The van der Waals surface area contributed by atoms with Crippen LogP contribution in [0.4, 0.5) is 13.2 Å². The summed E-state index contributed by atoms with van der Waals surface area (Å²) in [5.41, 5.74) is 0.132. The molecule has 2 saturated heterocycles. The van der Waals surface area contributed by atoms with E-state index in [1.165, 1.54) is 18.2 Å². The summed E-state index contributed by atoms with van der Waals surface area (Å²) in [5.74, 6) is -1.87. The molecule has 3 aliphatic rings. The fourth-order valence-electron chi connectivity index (χ4n) is 4.84. The lowest BCUT2D eigenvalue weighted by Gasteiger charge is -2.43. The van der Waals surface area contributed by atoms with Crippen molar-refractivity contribution in [2.24, 2.45) is 0 Å². The minimum absolute atomic E-state index is 0.146. The van der Waals surface area contributed by atoms with Crippen molar-refractivity contribution < 1.29 is 27.4 Å². The third kappa shape index (κ3) is 3.18. The van der Waals surface area contributed by atoms with Crippen molar-refractivity contribution in [1.29, 1.82) is 0 Å². The summed E-state index contributed by atoms with van der Waals surface area (Å²) in [6.45, 7) is 1.83. The maximum absolute atomic E-state index is 13.7. The Morgan fingerprint density at radius 1 is 1.13 bits per heavy atom. The Bertz CT molecular complexity index is 958. The molecule has 0 radical (unpaired) electrons. The first-order valence-corrected chi connectivity index (χ1v) is 10.1. The normalized spacial score (nSPS) is 31.1. The molecule has 158 valence electrons. The second-order valence-corrected chi connectivity index (χ2v) is 8.28. The zero-order chi connectivity index (χ0) is 21.0. The standard InChI is InChI=1S/C22H21F3N2O3/c1-12(18-3-2-14(23)11-26-18)29-17-9-22(10-17)21(28)27-19(4-5-20(27)30-22)13-6-15(24)8-16(25)7-13/h2-3,6-8,11-12,17,19-20H,4-5,9-10H2,1H3/t12-,17?,19+,20-,22?/m1/s1. The highest BCUT2D eigenvalue weighted by Gasteiger charge is 2.63. The second-order valence-electron chi connectivity index (χ2n) is 8.28. The van der Waals surface area contributed by atoms with Crippen LogP contribution in [0.5, 0.6) is 0 Å². The van der Waals surface area contributed by atoms with Gasteiger partial charge in [0.1, 0.15) is 23.7 Å². The third-order valence-corrected chi connectivity index (χ3v) is 6.27. The molecule has 1 aromatic carbocycles. The van der Waals surface area contributed by atoms with Crippen LogP contribution in [0.1, 0.15) is 56.0 Å². The summed E-state index contributed by atoms with van der Waals surface area (Å²) in [6.07, 6.45) is 2.29. The number of halogens is 3. The molecule has 2 aromatic rings. The minimum atomic E-state index is -0.935. The SMILES string of the molecule is C[C@@H](OC1CC2(C1)O[C@@H]1CC[C@@H](c3cc(F)cc(F)c3)N1C2=O)c1ccc(F)cn1. The second kappa shape index (κ2) is 7.06. The zero-order valence-corrected chi connectivity index (χ0v) is 16.4. The van der Waals surface area contributed by atoms with Gasteiger partial charge in [-0.05, 0) is 49.6 Å². The van der Waals surface area contributed by atoms with Crippen molar-refractivity contribution in [3.63, 3.8) is 0 Å². The molecule has 0 bridgehead atoms. The molecule has 1 saturated carbocycles. The van der Waals surface area contributed by atoms with Crippen LogP contribution in [0.25, 0.3) is 0 Å². The predicted molar refractivity (Wildman–Crippen MR) is 99.5 cm³/mol. The number of benzene rings is 1. The van der Waals surface area contributed by atoms with Crippen LogP contribution in [-0.4, -0.2) is 33.7 Å². The summed E-state index contributed by atoms with van der Waals surface area (Å²) in [4.78, 5) is 18.9. The first-order chi connectivity index (χ1) is 14.3. The Kier molecular flexibility index (Phi) is 4.59. The molecule has 2 aliphatic heterocycles. The van der Waals surface area contributed by atoms with Gasteiger partial charge in [-0.1, -0.05) is 0 Å². The van der Waals surface area contributed by atoms with E-state index < -0.39 is 29.1 Å². The van der Waals surface area contributed by atoms with E-state index in [9.17, 15) is 18.0 Å². The number of amides is 1. The van der Waals surface area contributed by atoms with Crippen molar-refractivity contribution in [2.75, 3.05) is 0 Å². The third-order valence-electron chi connectivity index (χ3n) is 6.27. The molecule has 1 amide bonds. The zero-order valence-electron chi connectivity index (χ0n) is 16.4. The average Bonchev–Trinajstić information content (AvgIpc) is 3.19. The molecule has 1 aliphatic carbocycles. The van der Waals surface area contributed by atoms with Gasteiger partial charge < -0.3 is 14.4 Å². The number of aromatic nitrogens is 1. The van der Waals surface area contributed by atoms with Gasteiger partial charge in [0.15, 0.2) is 5.60 Å².